The Morgan fingerprint density at radius 1 is 0.906 bits per heavy atom. The van der Waals surface area contributed by atoms with Crippen molar-refractivity contribution in [3.63, 3.8) is 0 Å². The lowest BCUT2D eigenvalue weighted by molar-refractivity contribution is -0.394. The average molecular weight is 435 g/mol. The summed E-state index contributed by atoms with van der Waals surface area (Å²) in [7, 11) is 0. The van der Waals surface area contributed by atoms with Crippen LogP contribution in [0.15, 0.2) is 59.6 Å². The Morgan fingerprint density at radius 2 is 1.66 bits per heavy atom. The van der Waals surface area contributed by atoms with Gasteiger partial charge in [0.2, 0.25) is 5.75 Å². The van der Waals surface area contributed by atoms with E-state index >= 15 is 0 Å². The zero-order valence-electron chi connectivity index (χ0n) is 17.8. The number of nitrogens with zero attached hydrogens (tertiary/aromatic N) is 3. The fourth-order valence-electron chi connectivity index (χ4n) is 2.93. The number of ether oxygens (including phenoxy) is 2. The van der Waals surface area contributed by atoms with Crippen LogP contribution in [0.25, 0.3) is 0 Å². The number of hydrogen-bond acceptors (Lipinski definition) is 7. The van der Waals surface area contributed by atoms with Gasteiger partial charge in [0.15, 0.2) is 11.5 Å². The zero-order valence-corrected chi connectivity index (χ0v) is 17.8. The lowest BCUT2D eigenvalue weighted by Gasteiger charge is -2.12. The van der Waals surface area contributed by atoms with E-state index in [0.717, 1.165) is 34.5 Å². The van der Waals surface area contributed by atoms with Gasteiger partial charge in [-0.3, -0.25) is 25.2 Å². The van der Waals surface area contributed by atoms with Crippen LogP contribution in [-0.4, -0.2) is 22.7 Å². The molecule has 0 spiro atoms. The standard InChI is InChI=1S/C23H21N3O6/c1-4-31-23-12-17(14-24-19-11-15(2)5-6-16(19)3)7-9-22(23)32-21-10-8-18(25(27)28)13-20(21)26(29)30/h5-14H,4H2,1-3H3. The molecule has 164 valence electrons. The minimum Gasteiger partial charge on any atom is -0.490 e. The van der Waals surface area contributed by atoms with Gasteiger partial charge in [0.1, 0.15) is 0 Å². The fraction of sp³-hybridized carbons (Fsp3) is 0.174. The monoisotopic (exact) mass is 435 g/mol. The van der Waals surface area contributed by atoms with Crippen LogP contribution in [0.2, 0.25) is 0 Å². The smallest absolute Gasteiger partial charge is 0.318 e. The third-order valence-electron chi connectivity index (χ3n) is 4.55. The molecule has 32 heavy (non-hydrogen) atoms. The molecule has 0 bridgehead atoms. The SMILES string of the molecule is CCOc1cc(C=Nc2cc(C)ccc2C)ccc1Oc1ccc([N+](=O)[O-])cc1[N+](=O)[O-]. The number of nitro benzene ring substituents is 2. The summed E-state index contributed by atoms with van der Waals surface area (Å²) in [5, 5.41) is 22.3. The maximum Gasteiger partial charge on any atom is 0.318 e. The first-order valence-electron chi connectivity index (χ1n) is 9.77. The summed E-state index contributed by atoms with van der Waals surface area (Å²) in [5.41, 5.74) is 2.84. The molecule has 9 nitrogen and oxygen atoms in total. The Labute approximate surface area is 184 Å². The molecule has 0 atom stereocenters. The van der Waals surface area contributed by atoms with Gasteiger partial charge in [0.25, 0.3) is 5.69 Å². The Balaban J connectivity index is 1.93. The van der Waals surface area contributed by atoms with Crippen molar-refractivity contribution in [3.05, 3.63) is 91.5 Å². The summed E-state index contributed by atoms with van der Waals surface area (Å²) >= 11 is 0. The first kappa shape index (κ1) is 22.4. The molecular formula is C23H21N3O6. The predicted octanol–water partition coefficient (Wildman–Crippen LogP) is 6.06. The lowest BCUT2D eigenvalue weighted by atomic mass is 10.1. The van der Waals surface area contributed by atoms with E-state index in [-0.39, 0.29) is 11.5 Å². The van der Waals surface area contributed by atoms with E-state index in [9.17, 15) is 20.2 Å². The van der Waals surface area contributed by atoms with E-state index in [1.807, 2.05) is 32.0 Å². The van der Waals surface area contributed by atoms with Crippen molar-refractivity contribution in [1.29, 1.82) is 0 Å². The first-order chi connectivity index (χ1) is 15.3. The molecule has 0 heterocycles. The predicted molar refractivity (Wildman–Crippen MR) is 121 cm³/mol. The molecular weight excluding hydrogens is 414 g/mol. The number of aryl methyl sites for hydroxylation is 2. The third-order valence-corrected chi connectivity index (χ3v) is 4.55. The largest absolute Gasteiger partial charge is 0.490 e. The zero-order chi connectivity index (χ0) is 23.3. The molecule has 0 saturated carbocycles. The first-order valence-corrected chi connectivity index (χ1v) is 9.77. The van der Waals surface area contributed by atoms with Crippen molar-refractivity contribution in [3.8, 4) is 17.2 Å². The van der Waals surface area contributed by atoms with Crippen molar-refractivity contribution in [2.24, 2.45) is 4.99 Å². The van der Waals surface area contributed by atoms with Crippen LogP contribution in [0.4, 0.5) is 17.1 Å². The second kappa shape index (κ2) is 9.69. The average Bonchev–Trinajstić information content (AvgIpc) is 2.76. The highest BCUT2D eigenvalue weighted by Gasteiger charge is 2.22. The molecule has 0 radical (unpaired) electrons. The van der Waals surface area contributed by atoms with E-state index in [2.05, 4.69) is 4.99 Å². The van der Waals surface area contributed by atoms with Gasteiger partial charge in [0.05, 0.1) is 28.2 Å². The molecule has 3 aromatic rings. The second-order valence-corrected chi connectivity index (χ2v) is 6.96. The summed E-state index contributed by atoms with van der Waals surface area (Å²) in [5.74, 6) is 0.483. The van der Waals surface area contributed by atoms with Gasteiger partial charge in [-0.05, 0) is 67.8 Å². The van der Waals surface area contributed by atoms with Gasteiger partial charge in [0, 0.05) is 12.3 Å². The molecule has 3 aromatic carbocycles. The van der Waals surface area contributed by atoms with Crippen LogP contribution in [0, 0.1) is 34.1 Å². The van der Waals surface area contributed by atoms with Gasteiger partial charge >= 0.3 is 5.69 Å². The number of rotatable bonds is 8. The summed E-state index contributed by atoms with van der Waals surface area (Å²) in [6.07, 6.45) is 1.70. The van der Waals surface area contributed by atoms with E-state index < -0.39 is 21.2 Å². The maximum absolute atomic E-state index is 11.4. The Morgan fingerprint density at radius 3 is 2.34 bits per heavy atom. The fourth-order valence-corrected chi connectivity index (χ4v) is 2.93. The van der Waals surface area contributed by atoms with E-state index in [4.69, 9.17) is 9.47 Å². The van der Waals surface area contributed by atoms with Crippen molar-refractivity contribution in [1.82, 2.24) is 0 Å². The molecule has 0 saturated heterocycles. The number of non-ortho nitro benzene ring substituents is 1. The molecule has 0 aliphatic carbocycles. The number of nitro groups is 2. The van der Waals surface area contributed by atoms with Gasteiger partial charge in [-0.25, -0.2) is 0 Å². The highest BCUT2D eigenvalue weighted by Crippen LogP contribution is 2.38. The summed E-state index contributed by atoms with van der Waals surface area (Å²) in [4.78, 5) is 25.4. The van der Waals surface area contributed by atoms with Gasteiger partial charge < -0.3 is 9.47 Å². The third kappa shape index (κ3) is 5.25. The van der Waals surface area contributed by atoms with Crippen LogP contribution in [0.3, 0.4) is 0 Å². The van der Waals surface area contributed by atoms with Crippen molar-refractivity contribution >= 4 is 23.3 Å². The van der Waals surface area contributed by atoms with Crippen LogP contribution in [0.1, 0.15) is 23.6 Å². The number of benzene rings is 3. The van der Waals surface area contributed by atoms with Crippen LogP contribution in [0.5, 0.6) is 17.2 Å². The number of hydrogen-bond donors (Lipinski definition) is 0. The van der Waals surface area contributed by atoms with Gasteiger partial charge in [-0.15, -0.1) is 0 Å². The Kier molecular flexibility index (Phi) is 6.79. The van der Waals surface area contributed by atoms with E-state index in [0.29, 0.717) is 12.4 Å². The maximum atomic E-state index is 11.4. The molecule has 0 fully saturated rings. The molecule has 0 unspecified atom stereocenters. The highest BCUT2D eigenvalue weighted by molar-refractivity contribution is 5.83. The topological polar surface area (TPSA) is 117 Å². The van der Waals surface area contributed by atoms with Crippen LogP contribution >= 0.6 is 0 Å². The molecule has 0 aliphatic heterocycles. The molecule has 0 aliphatic rings. The van der Waals surface area contributed by atoms with Crippen LogP contribution in [-0.2, 0) is 0 Å². The Bertz CT molecular complexity index is 1210. The summed E-state index contributed by atoms with van der Waals surface area (Å²) in [6, 6.07) is 14.3. The van der Waals surface area contributed by atoms with Crippen molar-refractivity contribution in [2.75, 3.05) is 6.61 Å². The molecule has 9 heteroatoms. The summed E-state index contributed by atoms with van der Waals surface area (Å²) < 4.78 is 11.4. The second-order valence-electron chi connectivity index (χ2n) is 6.96. The van der Waals surface area contributed by atoms with Crippen molar-refractivity contribution < 1.29 is 19.3 Å². The summed E-state index contributed by atoms with van der Waals surface area (Å²) in [6.45, 7) is 6.12. The molecule has 0 aromatic heterocycles. The van der Waals surface area contributed by atoms with Crippen LogP contribution < -0.4 is 9.47 Å². The minimum absolute atomic E-state index is 0.127. The highest BCUT2D eigenvalue weighted by atomic mass is 16.6. The molecule has 0 N–H and O–H groups in total. The van der Waals surface area contributed by atoms with E-state index in [1.165, 1.54) is 6.07 Å². The normalized spacial score (nSPS) is 10.8. The minimum atomic E-state index is -0.728. The lowest BCUT2D eigenvalue weighted by Crippen LogP contribution is -1.99. The number of aliphatic imine (C=N–C) groups is 1. The van der Waals surface area contributed by atoms with Crippen molar-refractivity contribution in [2.45, 2.75) is 20.8 Å². The Hall–Kier alpha value is -4.27. The molecule has 3 rings (SSSR count). The van der Waals surface area contributed by atoms with Gasteiger partial charge in [-0.1, -0.05) is 12.1 Å². The quantitative estimate of drug-likeness (QED) is 0.241. The van der Waals surface area contributed by atoms with E-state index in [1.54, 1.807) is 31.3 Å². The van der Waals surface area contributed by atoms with Gasteiger partial charge in [-0.2, -0.15) is 0 Å². The molecule has 0 amide bonds.